The summed E-state index contributed by atoms with van der Waals surface area (Å²) < 4.78 is 7.48. The van der Waals surface area contributed by atoms with Crippen LogP contribution in [0.25, 0.3) is 93.6 Å². The van der Waals surface area contributed by atoms with E-state index >= 15 is 0 Å². The summed E-state index contributed by atoms with van der Waals surface area (Å²) in [5, 5.41) is 12.9. The van der Waals surface area contributed by atoms with Crippen molar-refractivity contribution in [2.24, 2.45) is 0 Å². The quantitative estimate of drug-likeness (QED) is 0.107. The van der Waals surface area contributed by atoms with Crippen molar-refractivity contribution >= 4 is 94.2 Å². The van der Waals surface area contributed by atoms with E-state index in [0.29, 0.717) is 0 Å². The molecule has 0 radical (unpaired) electrons. The number of hydrogen-bond donors (Lipinski definition) is 0. The molecule has 4 heteroatoms. The average molecular weight is 909 g/mol. The Labute approximate surface area is 407 Å². The van der Waals surface area contributed by atoms with Gasteiger partial charge in [-0.05, 0) is 12.1 Å². The zero-order valence-electron chi connectivity index (χ0n) is 38.4. The molecular weight excluding hydrogens is 863 g/mol. The van der Waals surface area contributed by atoms with Gasteiger partial charge in [0.1, 0.15) is 0 Å². The first-order valence-corrected chi connectivity index (χ1v) is 26.6. The molecule has 0 N–H and O–H groups in total. The molecule has 330 valence electrons. The van der Waals surface area contributed by atoms with Gasteiger partial charge in [0.15, 0.2) is 0 Å². The summed E-state index contributed by atoms with van der Waals surface area (Å²) in [4.78, 5) is 0. The van der Waals surface area contributed by atoms with Gasteiger partial charge in [0.25, 0.3) is 0 Å². The molecule has 0 aliphatic carbocycles. The van der Waals surface area contributed by atoms with E-state index in [9.17, 15) is 0 Å². The van der Waals surface area contributed by atoms with Gasteiger partial charge in [-0.2, -0.15) is 0 Å². The number of benzene rings is 11. The minimum absolute atomic E-state index is 1.11. The second kappa shape index (κ2) is 16.1. The molecule has 0 fully saturated rings. The van der Waals surface area contributed by atoms with Crippen molar-refractivity contribution in [1.29, 1.82) is 0 Å². The van der Waals surface area contributed by atoms with Crippen molar-refractivity contribution < 1.29 is 0 Å². The number of hydrogen-bond acceptors (Lipinski definition) is 0. The van der Waals surface area contributed by atoms with E-state index in [1.165, 1.54) is 86.2 Å². The molecule has 0 bridgehead atoms. The molecule has 3 heterocycles. The second-order valence-electron chi connectivity index (χ2n) is 18.7. The van der Waals surface area contributed by atoms with Crippen LogP contribution in [-0.4, -0.2) is 21.8 Å². The SMILES string of the molecule is c1ccc([SiH-](c2ccccc2)(c2ccccc2)c2ccc3c4ccccc4n(-c4ccccc4-c4ccc(-n5c6ccccc6c6ccccc65)cc4-n4c5ccccc5c5ccccc54)c3c2)cc1. The fourth-order valence-electron chi connectivity index (χ4n) is 12.2. The summed E-state index contributed by atoms with van der Waals surface area (Å²) >= 11 is 0. The van der Waals surface area contributed by atoms with Crippen LogP contribution in [0.5, 0.6) is 0 Å². The summed E-state index contributed by atoms with van der Waals surface area (Å²) in [5.41, 5.74) is 12.8. The summed E-state index contributed by atoms with van der Waals surface area (Å²) in [5.74, 6) is 0. The molecule has 3 nitrogen and oxygen atoms in total. The standard InChI is InChI=1S/C66H46N3Si/c1-4-22-47(23-5-1)70(48-24-6-2-7-25-48,49-26-8-3-9-27-49)50-41-43-58-56-33-15-21-39-64(56)69(66(58)45-50)63-38-20-14-32-55(63)57-42-40-46(67-59-34-16-10-28-51(59)52-29-11-17-35-60(52)67)44-65(57)68-61-36-18-12-30-53(61)54-31-13-19-37-62(54)68/h1-45,70H/q-1. The fourth-order valence-corrected chi connectivity index (χ4v) is 17.7. The normalized spacial score (nSPS) is 12.2. The molecule has 0 aliphatic heterocycles. The molecule has 14 aromatic rings. The molecule has 14 rings (SSSR count). The first kappa shape index (κ1) is 40.1. The zero-order chi connectivity index (χ0) is 46.2. The molecule has 11 aromatic carbocycles. The van der Waals surface area contributed by atoms with E-state index in [1.54, 1.807) is 0 Å². The number of rotatable bonds is 8. The Bertz CT molecular complexity index is 4090. The van der Waals surface area contributed by atoms with Gasteiger partial charge in [-0.25, -0.2) is 0 Å². The third kappa shape index (κ3) is 5.94. The monoisotopic (exact) mass is 908 g/mol. The van der Waals surface area contributed by atoms with Gasteiger partial charge < -0.3 is 0 Å². The van der Waals surface area contributed by atoms with Gasteiger partial charge in [-0.15, -0.1) is 0 Å². The fraction of sp³-hybridized carbons (Fsp3) is 0. The minimum atomic E-state index is -3.31. The number of aromatic nitrogens is 3. The predicted octanol–water partition coefficient (Wildman–Crippen LogP) is 13.8. The molecule has 0 saturated carbocycles. The van der Waals surface area contributed by atoms with Crippen molar-refractivity contribution in [2.75, 3.05) is 0 Å². The van der Waals surface area contributed by atoms with Crippen LogP contribution in [-0.2, 0) is 0 Å². The number of nitrogens with zero attached hydrogens (tertiary/aromatic N) is 3. The van der Waals surface area contributed by atoms with Gasteiger partial charge >= 0.3 is 338 Å². The van der Waals surface area contributed by atoms with Crippen LogP contribution < -0.4 is 20.7 Å². The third-order valence-corrected chi connectivity index (χ3v) is 20.7. The number of para-hydroxylation sites is 6. The summed E-state index contributed by atoms with van der Waals surface area (Å²) in [7, 11) is -3.31. The Kier molecular flexibility index (Phi) is 9.23. The average Bonchev–Trinajstić information content (AvgIpc) is 4.08. The van der Waals surface area contributed by atoms with Crippen LogP contribution in [0.3, 0.4) is 0 Å². The Morgan fingerprint density at radius 3 is 1.04 bits per heavy atom. The van der Waals surface area contributed by atoms with Crippen LogP contribution in [0.2, 0.25) is 0 Å². The first-order valence-electron chi connectivity index (χ1n) is 24.3. The van der Waals surface area contributed by atoms with Crippen LogP contribution >= 0.6 is 0 Å². The van der Waals surface area contributed by atoms with E-state index in [2.05, 4.69) is 287 Å². The van der Waals surface area contributed by atoms with E-state index in [1.807, 2.05) is 0 Å². The van der Waals surface area contributed by atoms with Crippen LogP contribution in [0, 0.1) is 0 Å². The predicted molar refractivity (Wildman–Crippen MR) is 300 cm³/mol. The maximum atomic E-state index is 2.55. The van der Waals surface area contributed by atoms with E-state index < -0.39 is 8.07 Å². The summed E-state index contributed by atoms with van der Waals surface area (Å²) in [6, 6.07) is 102. The van der Waals surface area contributed by atoms with Crippen LogP contribution in [0.15, 0.2) is 273 Å². The van der Waals surface area contributed by atoms with Crippen molar-refractivity contribution in [2.45, 2.75) is 0 Å². The summed E-state index contributed by atoms with van der Waals surface area (Å²) in [6.07, 6.45) is 0. The Hall–Kier alpha value is -8.96. The number of fused-ring (bicyclic) bond motifs is 9. The molecule has 0 unspecified atom stereocenters. The van der Waals surface area contributed by atoms with Gasteiger partial charge in [-0.1, -0.05) is 48.5 Å². The first-order chi connectivity index (χ1) is 34.8. The van der Waals surface area contributed by atoms with Gasteiger partial charge in [0.05, 0.1) is 0 Å². The summed E-state index contributed by atoms with van der Waals surface area (Å²) in [6.45, 7) is 0. The van der Waals surface area contributed by atoms with Gasteiger partial charge in [0.2, 0.25) is 0 Å². The molecule has 0 spiro atoms. The second-order valence-corrected chi connectivity index (χ2v) is 23.1. The van der Waals surface area contributed by atoms with E-state index in [-0.39, 0.29) is 0 Å². The maximum absolute atomic E-state index is 3.31. The van der Waals surface area contributed by atoms with Gasteiger partial charge in [0, 0.05) is 10.8 Å². The van der Waals surface area contributed by atoms with Crippen LogP contribution in [0.1, 0.15) is 0 Å². The molecule has 70 heavy (non-hydrogen) atoms. The van der Waals surface area contributed by atoms with Crippen molar-refractivity contribution in [3.63, 3.8) is 0 Å². The topological polar surface area (TPSA) is 14.8 Å². The van der Waals surface area contributed by atoms with Crippen molar-refractivity contribution in [1.82, 2.24) is 13.7 Å². The van der Waals surface area contributed by atoms with Crippen molar-refractivity contribution in [3.8, 4) is 28.2 Å². The molecule has 0 aliphatic rings. The van der Waals surface area contributed by atoms with Crippen molar-refractivity contribution in [3.05, 3.63) is 273 Å². The molecule has 0 amide bonds. The Balaban J connectivity index is 1.08. The molecule has 0 atom stereocenters. The van der Waals surface area contributed by atoms with E-state index in [4.69, 9.17) is 0 Å². The van der Waals surface area contributed by atoms with E-state index in [0.717, 1.165) is 28.2 Å². The Morgan fingerprint density at radius 1 is 0.214 bits per heavy atom. The molecular formula is C66H46N3Si-. The third-order valence-electron chi connectivity index (χ3n) is 15.2. The Morgan fingerprint density at radius 2 is 0.571 bits per heavy atom. The zero-order valence-corrected chi connectivity index (χ0v) is 39.6. The molecule has 3 aromatic heterocycles. The van der Waals surface area contributed by atoms with Gasteiger partial charge in [-0.3, -0.25) is 0 Å². The molecule has 0 saturated heterocycles. The van der Waals surface area contributed by atoms with Crippen LogP contribution in [0.4, 0.5) is 0 Å².